The summed E-state index contributed by atoms with van der Waals surface area (Å²) in [4.78, 5) is 12.9. The van der Waals surface area contributed by atoms with Crippen LogP contribution in [0.2, 0.25) is 0 Å². The second-order valence-corrected chi connectivity index (χ2v) is 6.81. The molecule has 0 fully saturated rings. The van der Waals surface area contributed by atoms with Crippen LogP contribution in [0.25, 0.3) is 22.2 Å². The van der Waals surface area contributed by atoms with Gasteiger partial charge in [0.05, 0.1) is 5.56 Å². The van der Waals surface area contributed by atoms with Crippen LogP contribution in [0, 0.1) is 0 Å². The Morgan fingerprint density at radius 1 is 1.14 bits per heavy atom. The number of fused-ring (bicyclic) bond motifs is 1. The number of furan rings is 1. The van der Waals surface area contributed by atoms with E-state index in [-0.39, 0.29) is 23.4 Å². The summed E-state index contributed by atoms with van der Waals surface area (Å²) in [6, 6.07) is 17.7. The van der Waals surface area contributed by atoms with E-state index in [2.05, 4.69) is 22.6 Å². The molecule has 2 aromatic heterocycles. The number of carbonyl (C=O) groups excluding carboxylic acids is 1. The van der Waals surface area contributed by atoms with Crippen LogP contribution in [0.5, 0.6) is 0 Å². The standard InChI is InChI=1S/C22H21N3O3/c1-14(11-12-15-7-3-2-4-8-15)24-22(26)19-20(25-28-21(19)23)17-13-27-18-10-6-5-9-16(17)18/h2-10,13-14H,11-12,23H2,1H3,(H,24,26). The average molecular weight is 375 g/mol. The van der Waals surface area contributed by atoms with Gasteiger partial charge in [-0.25, -0.2) is 0 Å². The molecule has 1 unspecified atom stereocenters. The second-order valence-electron chi connectivity index (χ2n) is 6.81. The molecule has 4 rings (SSSR count). The van der Waals surface area contributed by atoms with Crippen molar-refractivity contribution in [2.75, 3.05) is 5.73 Å². The normalized spacial score (nSPS) is 12.2. The Morgan fingerprint density at radius 3 is 2.71 bits per heavy atom. The molecule has 6 nitrogen and oxygen atoms in total. The predicted octanol–water partition coefficient (Wildman–Crippen LogP) is 4.42. The van der Waals surface area contributed by atoms with E-state index in [0.29, 0.717) is 16.8 Å². The summed E-state index contributed by atoms with van der Waals surface area (Å²) in [7, 11) is 0. The number of nitrogens with two attached hydrogens (primary N) is 1. The summed E-state index contributed by atoms with van der Waals surface area (Å²) in [5.74, 6) is -0.312. The third-order valence-corrected chi connectivity index (χ3v) is 4.77. The first-order chi connectivity index (χ1) is 13.6. The van der Waals surface area contributed by atoms with Gasteiger partial charge >= 0.3 is 0 Å². The number of hydrogen-bond donors (Lipinski definition) is 2. The highest BCUT2D eigenvalue weighted by Gasteiger charge is 2.25. The van der Waals surface area contributed by atoms with Crippen LogP contribution in [0.15, 0.2) is 69.8 Å². The lowest BCUT2D eigenvalue weighted by Crippen LogP contribution is -2.33. The first kappa shape index (κ1) is 17.9. The summed E-state index contributed by atoms with van der Waals surface area (Å²) < 4.78 is 10.7. The summed E-state index contributed by atoms with van der Waals surface area (Å²) in [5, 5.41) is 7.85. The number of para-hydroxylation sites is 1. The molecule has 2 aromatic carbocycles. The maximum Gasteiger partial charge on any atom is 0.259 e. The van der Waals surface area contributed by atoms with Crippen LogP contribution in [0.1, 0.15) is 29.3 Å². The Hall–Kier alpha value is -3.54. The summed E-state index contributed by atoms with van der Waals surface area (Å²) >= 11 is 0. The highest BCUT2D eigenvalue weighted by Crippen LogP contribution is 2.34. The number of carbonyl (C=O) groups is 1. The van der Waals surface area contributed by atoms with Gasteiger partial charge in [-0.1, -0.05) is 53.7 Å². The molecule has 0 aliphatic carbocycles. The molecule has 0 aliphatic rings. The van der Waals surface area contributed by atoms with Gasteiger partial charge in [-0.2, -0.15) is 0 Å². The van der Waals surface area contributed by atoms with E-state index in [0.717, 1.165) is 18.2 Å². The van der Waals surface area contributed by atoms with Gasteiger partial charge in [-0.3, -0.25) is 4.79 Å². The van der Waals surface area contributed by atoms with Crippen molar-refractivity contribution < 1.29 is 13.7 Å². The minimum Gasteiger partial charge on any atom is -0.464 e. The highest BCUT2D eigenvalue weighted by molar-refractivity contribution is 6.06. The number of nitrogen functional groups attached to an aromatic ring is 1. The van der Waals surface area contributed by atoms with Crippen LogP contribution in [0.3, 0.4) is 0 Å². The molecule has 1 atom stereocenters. The molecule has 0 aliphatic heterocycles. The Kier molecular flexibility index (Phi) is 4.85. The monoisotopic (exact) mass is 375 g/mol. The van der Waals surface area contributed by atoms with Gasteiger partial charge < -0.3 is 20.0 Å². The predicted molar refractivity (Wildman–Crippen MR) is 108 cm³/mol. The van der Waals surface area contributed by atoms with Crippen molar-refractivity contribution in [1.29, 1.82) is 0 Å². The van der Waals surface area contributed by atoms with Crippen molar-refractivity contribution in [3.63, 3.8) is 0 Å². The van der Waals surface area contributed by atoms with E-state index in [4.69, 9.17) is 14.7 Å². The molecule has 0 spiro atoms. The Balaban J connectivity index is 1.53. The van der Waals surface area contributed by atoms with Gasteiger partial charge in [0, 0.05) is 11.4 Å². The smallest absolute Gasteiger partial charge is 0.259 e. The lowest BCUT2D eigenvalue weighted by Gasteiger charge is -2.13. The van der Waals surface area contributed by atoms with Crippen LogP contribution >= 0.6 is 0 Å². The number of amides is 1. The molecule has 3 N–H and O–H groups in total. The van der Waals surface area contributed by atoms with E-state index < -0.39 is 0 Å². The van der Waals surface area contributed by atoms with Crippen LogP contribution in [-0.2, 0) is 6.42 Å². The first-order valence-corrected chi connectivity index (χ1v) is 9.20. The van der Waals surface area contributed by atoms with E-state index >= 15 is 0 Å². The zero-order valence-corrected chi connectivity index (χ0v) is 15.5. The molecule has 0 bridgehead atoms. The maximum atomic E-state index is 12.9. The van der Waals surface area contributed by atoms with Gasteiger partial charge in [0.1, 0.15) is 23.1 Å². The number of aryl methyl sites for hydroxylation is 1. The van der Waals surface area contributed by atoms with Crippen molar-refractivity contribution in [3.8, 4) is 11.3 Å². The number of aromatic nitrogens is 1. The Bertz CT molecular complexity index is 1100. The molecule has 0 saturated heterocycles. The Labute approximate surface area is 162 Å². The van der Waals surface area contributed by atoms with Gasteiger partial charge in [0.25, 0.3) is 5.91 Å². The van der Waals surface area contributed by atoms with E-state index in [9.17, 15) is 4.79 Å². The maximum absolute atomic E-state index is 12.9. The van der Waals surface area contributed by atoms with Crippen LogP contribution in [-0.4, -0.2) is 17.1 Å². The van der Waals surface area contributed by atoms with Gasteiger partial charge in [0.15, 0.2) is 0 Å². The van der Waals surface area contributed by atoms with Crippen molar-refractivity contribution in [2.24, 2.45) is 0 Å². The topological polar surface area (TPSA) is 94.3 Å². The number of anilines is 1. The molecule has 4 aromatic rings. The first-order valence-electron chi connectivity index (χ1n) is 9.20. The van der Waals surface area contributed by atoms with Crippen molar-refractivity contribution in [2.45, 2.75) is 25.8 Å². The van der Waals surface area contributed by atoms with E-state index in [1.807, 2.05) is 49.4 Å². The molecule has 28 heavy (non-hydrogen) atoms. The molecule has 6 heteroatoms. The summed E-state index contributed by atoms with van der Waals surface area (Å²) in [6.45, 7) is 1.97. The van der Waals surface area contributed by atoms with Gasteiger partial charge in [0.2, 0.25) is 5.88 Å². The minimum absolute atomic E-state index is 0.00644. The third kappa shape index (κ3) is 3.49. The third-order valence-electron chi connectivity index (χ3n) is 4.77. The zero-order chi connectivity index (χ0) is 19.5. The fourth-order valence-electron chi connectivity index (χ4n) is 3.26. The quantitative estimate of drug-likeness (QED) is 0.520. The number of nitrogens with one attached hydrogen (secondary N) is 1. The molecular weight excluding hydrogens is 354 g/mol. The second kappa shape index (κ2) is 7.60. The largest absolute Gasteiger partial charge is 0.464 e. The molecule has 1 amide bonds. The van der Waals surface area contributed by atoms with Crippen molar-refractivity contribution in [1.82, 2.24) is 10.5 Å². The molecule has 0 radical (unpaired) electrons. The van der Waals surface area contributed by atoms with Gasteiger partial charge in [-0.15, -0.1) is 0 Å². The number of benzene rings is 2. The van der Waals surface area contributed by atoms with E-state index in [1.165, 1.54) is 5.56 Å². The summed E-state index contributed by atoms with van der Waals surface area (Å²) in [6.07, 6.45) is 3.25. The SMILES string of the molecule is CC(CCc1ccccc1)NC(=O)c1c(-c2coc3ccccc23)noc1N. The fraction of sp³-hybridized carbons (Fsp3) is 0.182. The number of rotatable bonds is 6. The van der Waals surface area contributed by atoms with Gasteiger partial charge in [-0.05, 0) is 31.4 Å². The van der Waals surface area contributed by atoms with E-state index in [1.54, 1.807) is 6.26 Å². The molecule has 0 saturated carbocycles. The lowest BCUT2D eigenvalue weighted by molar-refractivity contribution is 0.0939. The highest BCUT2D eigenvalue weighted by atomic mass is 16.5. The minimum atomic E-state index is -0.306. The van der Waals surface area contributed by atoms with Crippen LogP contribution < -0.4 is 11.1 Å². The molecule has 142 valence electrons. The number of nitrogens with zero attached hydrogens (tertiary/aromatic N) is 1. The fourth-order valence-corrected chi connectivity index (χ4v) is 3.26. The lowest BCUT2D eigenvalue weighted by atomic mass is 10.0. The van der Waals surface area contributed by atoms with Crippen LogP contribution in [0.4, 0.5) is 5.88 Å². The van der Waals surface area contributed by atoms with Crippen molar-refractivity contribution in [3.05, 3.63) is 72.0 Å². The van der Waals surface area contributed by atoms with Crippen molar-refractivity contribution >= 4 is 22.8 Å². The summed E-state index contributed by atoms with van der Waals surface area (Å²) in [5.41, 5.74) is 9.15. The molecule has 2 heterocycles. The Morgan fingerprint density at radius 2 is 1.89 bits per heavy atom. The molecular formula is C22H21N3O3. The number of hydrogen-bond acceptors (Lipinski definition) is 5. The zero-order valence-electron chi connectivity index (χ0n) is 15.5. The average Bonchev–Trinajstić information content (AvgIpc) is 3.30.